The number of carbonyl (C=O) groups excluding carboxylic acids is 1. The van der Waals surface area contributed by atoms with Gasteiger partial charge in [0.1, 0.15) is 5.82 Å². The maximum absolute atomic E-state index is 13.6. The van der Waals surface area contributed by atoms with Crippen LogP contribution in [-0.2, 0) is 11.8 Å². The zero-order valence-corrected chi connectivity index (χ0v) is 11.3. The van der Waals surface area contributed by atoms with E-state index < -0.39 is 11.6 Å². The number of amides is 1. The summed E-state index contributed by atoms with van der Waals surface area (Å²) >= 11 is 0. The Balaban J connectivity index is 1.66. The predicted octanol–water partition coefficient (Wildman–Crippen LogP) is 2.89. The van der Waals surface area contributed by atoms with Gasteiger partial charge >= 0.3 is 0 Å². The first-order chi connectivity index (χ1) is 9.57. The predicted molar refractivity (Wildman–Crippen MR) is 74.4 cm³/mol. The van der Waals surface area contributed by atoms with Crippen LogP contribution >= 0.6 is 0 Å². The van der Waals surface area contributed by atoms with E-state index in [2.05, 4.69) is 14.9 Å². The molecule has 0 saturated heterocycles. The third-order valence-electron chi connectivity index (χ3n) is 4.21. The van der Waals surface area contributed by atoms with Gasteiger partial charge in [0.15, 0.2) is 5.67 Å². The first-order valence-electron chi connectivity index (χ1n) is 7.04. The molecule has 2 aliphatic carbocycles. The Morgan fingerprint density at radius 1 is 1.45 bits per heavy atom. The molecule has 0 unspecified atom stereocenters. The largest absolute Gasteiger partial charge is 0.331 e. The van der Waals surface area contributed by atoms with Gasteiger partial charge in [0.05, 0.1) is 11.0 Å². The van der Waals surface area contributed by atoms with E-state index in [9.17, 15) is 9.18 Å². The summed E-state index contributed by atoms with van der Waals surface area (Å²) in [5.74, 6) is 1.15. The highest BCUT2D eigenvalue weighted by Crippen LogP contribution is 2.41. The van der Waals surface area contributed by atoms with Crippen LogP contribution in [0.3, 0.4) is 0 Å². The van der Waals surface area contributed by atoms with Crippen molar-refractivity contribution in [1.82, 2.24) is 9.55 Å². The number of hydrogen-bond acceptors (Lipinski definition) is 2. The number of imidazole rings is 1. The van der Waals surface area contributed by atoms with Crippen LogP contribution in [0.15, 0.2) is 18.2 Å². The maximum atomic E-state index is 13.6. The average molecular weight is 273 g/mol. The summed E-state index contributed by atoms with van der Waals surface area (Å²) < 4.78 is 15.8. The number of anilines is 1. The van der Waals surface area contributed by atoms with E-state index in [0.717, 1.165) is 16.9 Å². The smallest absolute Gasteiger partial charge is 0.262 e. The van der Waals surface area contributed by atoms with E-state index in [0.29, 0.717) is 24.4 Å². The molecule has 2 aliphatic rings. The Labute approximate surface area is 116 Å². The zero-order valence-electron chi connectivity index (χ0n) is 11.3. The summed E-state index contributed by atoms with van der Waals surface area (Å²) in [6.07, 6.45) is 3.06. The molecule has 2 aromatic rings. The van der Waals surface area contributed by atoms with Gasteiger partial charge in [-0.1, -0.05) is 0 Å². The summed E-state index contributed by atoms with van der Waals surface area (Å²) in [6, 6.07) is 5.57. The summed E-state index contributed by atoms with van der Waals surface area (Å²) in [4.78, 5) is 16.3. The number of benzene rings is 1. The molecular weight excluding hydrogens is 257 g/mol. The van der Waals surface area contributed by atoms with Gasteiger partial charge in [-0.05, 0) is 43.9 Å². The quantitative estimate of drug-likeness (QED) is 0.934. The number of halogens is 1. The number of fused-ring (bicyclic) bond motifs is 1. The van der Waals surface area contributed by atoms with Crippen molar-refractivity contribution in [3.05, 3.63) is 24.0 Å². The van der Waals surface area contributed by atoms with Crippen molar-refractivity contribution in [3.8, 4) is 0 Å². The number of nitrogens with zero attached hydrogens (tertiary/aromatic N) is 2. The fourth-order valence-electron chi connectivity index (χ4n) is 2.58. The SMILES string of the molecule is Cn1c(C2CC2)nc2cc(NC(=O)C3(F)CC3)ccc21. The van der Waals surface area contributed by atoms with Gasteiger partial charge in [0, 0.05) is 18.7 Å². The minimum absolute atomic E-state index is 0.330. The Morgan fingerprint density at radius 2 is 2.20 bits per heavy atom. The van der Waals surface area contributed by atoms with Crippen molar-refractivity contribution >= 4 is 22.6 Å². The molecule has 0 bridgehead atoms. The monoisotopic (exact) mass is 273 g/mol. The number of hydrogen-bond donors (Lipinski definition) is 1. The minimum Gasteiger partial charge on any atom is -0.331 e. The second-order valence-electron chi connectivity index (χ2n) is 5.93. The second kappa shape index (κ2) is 3.81. The van der Waals surface area contributed by atoms with Crippen molar-refractivity contribution in [2.24, 2.45) is 7.05 Å². The third-order valence-corrected chi connectivity index (χ3v) is 4.21. The summed E-state index contributed by atoms with van der Waals surface area (Å²) in [5, 5.41) is 2.65. The van der Waals surface area contributed by atoms with Crippen LogP contribution in [0.4, 0.5) is 10.1 Å². The van der Waals surface area contributed by atoms with Gasteiger partial charge < -0.3 is 9.88 Å². The van der Waals surface area contributed by atoms with E-state index >= 15 is 0 Å². The van der Waals surface area contributed by atoms with Crippen molar-refractivity contribution in [3.63, 3.8) is 0 Å². The van der Waals surface area contributed by atoms with Gasteiger partial charge in [-0.3, -0.25) is 4.79 Å². The highest BCUT2D eigenvalue weighted by molar-refractivity contribution is 6.00. The molecule has 104 valence electrons. The van der Waals surface area contributed by atoms with E-state index in [-0.39, 0.29) is 0 Å². The van der Waals surface area contributed by atoms with Gasteiger partial charge in [-0.25, -0.2) is 9.37 Å². The van der Waals surface area contributed by atoms with Crippen LogP contribution in [0.5, 0.6) is 0 Å². The molecule has 1 aromatic heterocycles. The summed E-state index contributed by atoms with van der Waals surface area (Å²) in [7, 11) is 2.02. The molecule has 0 radical (unpaired) electrons. The van der Waals surface area contributed by atoms with Crippen molar-refractivity contribution in [2.45, 2.75) is 37.3 Å². The minimum atomic E-state index is -1.64. The summed E-state index contributed by atoms with van der Waals surface area (Å²) in [6.45, 7) is 0. The van der Waals surface area contributed by atoms with E-state index in [1.807, 2.05) is 25.2 Å². The van der Waals surface area contributed by atoms with Crippen molar-refractivity contribution in [2.75, 3.05) is 5.32 Å². The molecule has 2 fully saturated rings. The Kier molecular flexibility index (Phi) is 2.26. The van der Waals surface area contributed by atoms with Crippen molar-refractivity contribution in [1.29, 1.82) is 0 Å². The van der Waals surface area contributed by atoms with Gasteiger partial charge in [-0.15, -0.1) is 0 Å². The van der Waals surface area contributed by atoms with E-state index in [4.69, 9.17) is 0 Å². The lowest BCUT2D eigenvalue weighted by molar-refractivity contribution is -0.122. The van der Waals surface area contributed by atoms with Crippen LogP contribution in [0.1, 0.15) is 37.4 Å². The normalized spacial score (nSPS) is 20.1. The molecule has 20 heavy (non-hydrogen) atoms. The first kappa shape index (κ1) is 11.9. The topological polar surface area (TPSA) is 46.9 Å². The van der Waals surface area contributed by atoms with Crippen LogP contribution in [0, 0.1) is 0 Å². The number of alkyl halides is 1. The number of aryl methyl sites for hydroxylation is 1. The molecule has 5 heteroatoms. The number of aromatic nitrogens is 2. The zero-order chi connectivity index (χ0) is 13.9. The standard InChI is InChI=1S/C15H16FN3O/c1-19-12-5-4-10(17-14(20)15(16)6-7-15)8-11(12)18-13(19)9-2-3-9/h4-5,8-9H,2-3,6-7H2,1H3,(H,17,20). The molecule has 1 amide bonds. The van der Waals surface area contributed by atoms with Crippen molar-refractivity contribution < 1.29 is 9.18 Å². The molecule has 4 rings (SSSR count). The molecule has 4 nitrogen and oxygen atoms in total. The first-order valence-corrected chi connectivity index (χ1v) is 7.04. The van der Waals surface area contributed by atoms with Gasteiger partial charge in [0.2, 0.25) is 0 Å². The molecule has 2 saturated carbocycles. The number of rotatable bonds is 3. The Bertz CT molecular complexity index is 713. The van der Waals surface area contributed by atoms with E-state index in [1.165, 1.54) is 12.8 Å². The van der Waals surface area contributed by atoms with E-state index in [1.54, 1.807) is 0 Å². The maximum Gasteiger partial charge on any atom is 0.262 e. The Hall–Kier alpha value is -1.91. The fourth-order valence-corrected chi connectivity index (χ4v) is 2.58. The molecule has 1 heterocycles. The van der Waals surface area contributed by atoms with Crippen LogP contribution in [0.2, 0.25) is 0 Å². The fraction of sp³-hybridized carbons (Fsp3) is 0.467. The molecule has 0 atom stereocenters. The number of carbonyl (C=O) groups is 1. The van der Waals surface area contributed by atoms with Gasteiger partial charge in [0.25, 0.3) is 5.91 Å². The van der Waals surface area contributed by atoms with Crippen LogP contribution in [0.25, 0.3) is 11.0 Å². The highest BCUT2D eigenvalue weighted by Gasteiger charge is 2.50. The summed E-state index contributed by atoms with van der Waals surface area (Å²) in [5.41, 5.74) is 0.882. The lowest BCUT2D eigenvalue weighted by atomic mass is 10.2. The molecule has 1 aromatic carbocycles. The molecule has 0 aliphatic heterocycles. The third kappa shape index (κ3) is 1.80. The van der Waals surface area contributed by atoms with Crippen LogP contribution < -0.4 is 5.32 Å². The lowest BCUT2D eigenvalue weighted by Crippen LogP contribution is -2.25. The second-order valence-corrected chi connectivity index (χ2v) is 5.93. The average Bonchev–Trinajstić information content (AvgIpc) is 3.33. The Morgan fingerprint density at radius 3 is 2.85 bits per heavy atom. The molecular formula is C15H16FN3O. The highest BCUT2D eigenvalue weighted by atomic mass is 19.1. The number of nitrogens with one attached hydrogen (secondary N) is 1. The lowest BCUT2D eigenvalue weighted by Gasteiger charge is -2.07. The molecule has 1 N–H and O–H groups in total. The molecule has 0 spiro atoms. The van der Waals surface area contributed by atoms with Gasteiger partial charge in [-0.2, -0.15) is 0 Å². The van der Waals surface area contributed by atoms with Crippen LogP contribution in [-0.4, -0.2) is 21.1 Å².